The third-order valence-electron chi connectivity index (χ3n) is 5.12. The van der Waals surface area contributed by atoms with Gasteiger partial charge in [-0.1, -0.05) is 36.2 Å². The number of rotatable bonds is 6. The number of nitrogens with zero attached hydrogens (tertiary/aromatic N) is 1. The van der Waals surface area contributed by atoms with Gasteiger partial charge in [-0.3, -0.25) is 4.79 Å². The largest absolute Gasteiger partial charge is 0.335 e. The molecule has 0 radical (unpaired) electrons. The average Bonchev–Trinajstić information content (AvgIpc) is 3.24. The van der Waals surface area contributed by atoms with Crippen LogP contribution in [-0.2, 0) is 11.3 Å². The predicted octanol–water partition coefficient (Wildman–Crippen LogP) is 3.01. The fourth-order valence-electron chi connectivity index (χ4n) is 3.37. The number of carbonyl (C=O) groups is 1. The Bertz CT molecular complexity index is 512. The summed E-state index contributed by atoms with van der Waals surface area (Å²) in [5.41, 5.74) is 8.52. The molecule has 0 aliphatic heterocycles. The summed E-state index contributed by atoms with van der Waals surface area (Å²) in [6.07, 6.45) is 6.44. The van der Waals surface area contributed by atoms with Crippen LogP contribution < -0.4 is 5.73 Å². The minimum Gasteiger partial charge on any atom is -0.335 e. The molecule has 2 aliphatic carbocycles. The number of nitrogens with two attached hydrogens (primary N) is 1. The molecule has 114 valence electrons. The van der Waals surface area contributed by atoms with E-state index in [1.807, 2.05) is 0 Å². The van der Waals surface area contributed by atoms with Gasteiger partial charge in [0.05, 0.1) is 0 Å². The Morgan fingerprint density at radius 1 is 1.38 bits per heavy atom. The molecule has 0 bridgehead atoms. The Hall–Kier alpha value is -1.35. The molecule has 21 heavy (non-hydrogen) atoms. The van der Waals surface area contributed by atoms with E-state index in [2.05, 4.69) is 36.1 Å². The summed E-state index contributed by atoms with van der Waals surface area (Å²) in [7, 11) is 0. The highest BCUT2D eigenvalue weighted by Crippen LogP contribution is 2.44. The minimum atomic E-state index is 0.108. The van der Waals surface area contributed by atoms with Crippen molar-refractivity contribution in [2.45, 2.75) is 58.0 Å². The van der Waals surface area contributed by atoms with E-state index in [1.54, 1.807) is 0 Å². The zero-order valence-corrected chi connectivity index (χ0v) is 13.0. The molecule has 1 aromatic carbocycles. The van der Waals surface area contributed by atoms with Crippen molar-refractivity contribution in [1.82, 2.24) is 4.90 Å². The van der Waals surface area contributed by atoms with E-state index in [0.717, 1.165) is 32.2 Å². The molecule has 1 amide bonds. The van der Waals surface area contributed by atoms with Gasteiger partial charge in [0, 0.05) is 19.0 Å². The zero-order valence-electron chi connectivity index (χ0n) is 13.0. The summed E-state index contributed by atoms with van der Waals surface area (Å²) in [6.45, 7) is 3.51. The molecule has 3 rings (SSSR count). The fourth-order valence-corrected chi connectivity index (χ4v) is 3.37. The zero-order chi connectivity index (χ0) is 14.9. The molecule has 0 aromatic heterocycles. The van der Waals surface area contributed by atoms with Crippen LogP contribution in [0.3, 0.4) is 0 Å². The first kappa shape index (κ1) is 14.6. The van der Waals surface area contributed by atoms with Crippen molar-refractivity contribution in [3.8, 4) is 0 Å². The molecule has 2 N–H and O–H groups in total. The summed E-state index contributed by atoms with van der Waals surface area (Å²) in [5.74, 6) is 0.309. The summed E-state index contributed by atoms with van der Waals surface area (Å²) < 4.78 is 0. The Morgan fingerprint density at radius 2 is 2.14 bits per heavy atom. The van der Waals surface area contributed by atoms with Gasteiger partial charge in [0.25, 0.3) is 0 Å². The van der Waals surface area contributed by atoms with Gasteiger partial charge >= 0.3 is 0 Å². The topological polar surface area (TPSA) is 46.3 Å². The van der Waals surface area contributed by atoms with Gasteiger partial charge in [-0.25, -0.2) is 0 Å². The fraction of sp³-hybridized carbons (Fsp3) is 0.611. The number of hydrogen-bond donors (Lipinski definition) is 1. The SMILES string of the molecule is Cc1cccc(CN(C(=O)CC2(CN)CCC2)C2CC2)c1. The summed E-state index contributed by atoms with van der Waals surface area (Å²) >= 11 is 0. The van der Waals surface area contributed by atoms with E-state index in [-0.39, 0.29) is 5.41 Å². The van der Waals surface area contributed by atoms with E-state index < -0.39 is 0 Å². The average molecular weight is 286 g/mol. The van der Waals surface area contributed by atoms with Crippen LogP contribution in [0, 0.1) is 12.3 Å². The molecule has 3 nitrogen and oxygen atoms in total. The maximum absolute atomic E-state index is 12.8. The Labute approximate surface area is 127 Å². The molecular formula is C18H26N2O. The molecule has 2 saturated carbocycles. The molecule has 0 atom stereocenters. The number of carbonyl (C=O) groups excluding carboxylic acids is 1. The highest BCUT2D eigenvalue weighted by Gasteiger charge is 2.41. The van der Waals surface area contributed by atoms with Crippen LogP contribution in [0.5, 0.6) is 0 Å². The van der Waals surface area contributed by atoms with E-state index in [1.165, 1.54) is 17.5 Å². The first-order valence-electron chi connectivity index (χ1n) is 8.17. The monoisotopic (exact) mass is 286 g/mol. The second-order valence-electron chi connectivity index (χ2n) is 6.98. The van der Waals surface area contributed by atoms with E-state index in [4.69, 9.17) is 5.73 Å². The third-order valence-corrected chi connectivity index (χ3v) is 5.12. The molecule has 2 fully saturated rings. The van der Waals surface area contributed by atoms with Gasteiger partial charge in [-0.15, -0.1) is 0 Å². The number of benzene rings is 1. The van der Waals surface area contributed by atoms with E-state index >= 15 is 0 Å². The van der Waals surface area contributed by atoms with Crippen molar-refractivity contribution in [1.29, 1.82) is 0 Å². The Kier molecular flexibility index (Phi) is 4.03. The van der Waals surface area contributed by atoms with Gasteiger partial charge in [-0.2, -0.15) is 0 Å². The summed E-state index contributed by atoms with van der Waals surface area (Å²) in [6, 6.07) is 8.95. The molecular weight excluding hydrogens is 260 g/mol. The molecule has 0 spiro atoms. The smallest absolute Gasteiger partial charge is 0.223 e. The first-order chi connectivity index (χ1) is 10.1. The van der Waals surface area contributed by atoms with Crippen molar-refractivity contribution in [3.05, 3.63) is 35.4 Å². The normalized spacial score (nSPS) is 19.9. The van der Waals surface area contributed by atoms with Crippen molar-refractivity contribution >= 4 is 5.91 Å². The van der Waals surface area contributed by atoms with E-state index in [9.17, 15) is 4.79 Å². The van der Waals surface area contributed by atoms with Gasteiger partial charge in [-0.05, 0) is 50.1 Å². The van der Waals surface area contributed by atoms with E-state index in [0.29, 0.717) is 24.9 Å². The Balaban J connectivity index is 1.68. The quantitative estimate of drug-likeness (QED) is 0.874. The molecule has 0 saturated heterocycles. The Morgan fingerprint density at radius 3 is 2.67 bits per heavy atom. The highest BCUT2D eigenvalue weighted by atomic mass is 16.2. The second kappa shape index (κ2) is 5.80. The summed E-state index contributed by atoms with van der Waals surface area (Å²) in [5, 5.41) is 0. The standard InChI is InChI=1S/C18H26N2O/c1-14-4-2-5-15(10-14)12-20(16-6-7-16)17(21)11-18(13-19)8-3-9-18/h2,4-5,10,16H,3,6-9,11-13,19H2,1H3. The maximum atomic E-state index is 12.8. The van der Waals surface area contributed by atoms with Crippen LogP contribution in [0.15, 0.2) is 24.3 Å². The van der Waals surface area contributed by atoms with Gasteiger partial charge in [0.15, 0.2) is 0 Å². The van der Waals surface area contributed by atoms with Gasteiger partial charge in [0.1, 0.15) is 0 Å². The van der Waals surface area contributed by atoms with Crippen LogP contribution in [-0.4, -0.2) is 23.4 Å². The maximum Gasteiger partial charge on any atom is 0.223 e. The minimum absolute atomic E-state index is 0.108. The lowest BCUT2D eigenvalue weighted by atomic mass is 9.66. The number of hydrogen-bond acceptors (Lipinski definition) is 2. The molecule has 0 unspecified atom stereocenters. The van der Waals surface area contributed by atoms with Crippen LogP contribution in [0.4, 0.5) is 0 Å². The lowest BCUT2D eigenvalue weighted by Crippen LogP contribution is -2.43. The summed E-state index contributed by atoms with van der Waals surface area (Å²) in [4.78, 5) is 14.9. The van der Waals surface area contributed by atoms with Crippen LogP contribution in [0.25, 0.3) is 0 Å². The van der Waals surface area contributed by atoms with Crippen molar-refractivity contribution in [3.63, 3.8) is 0 Å². The number of aryl methyl sites for hydroxylation is 1. The van der Waals surface area contributed by atoms with Crippen LogP contribution >= 0.6 is 0 Å². The lowest BCUT2D eigenvalue weighted by molar-refractivity contribution is -0.136. The molecule has 2 aliphatic rings. The van der Waals surface area contributed by atoms with Crippen LogP contribution in [0.2, 0.25) is 0 Å². The van der Waals surface area contributed by atoms with Gasteiger partial charge in [0.2, 0.25) is 5.91 Å². The predicted molar refractivity (Wildman–Crippen MR) is 84.7 cm³/mol. The first-order valence-corrected chi connectivity index (χ1v) is 8.17. The van der Waals surface area contributed by atoms with Crippen LogP contribution in [0.1, 0.15) is 49.7 Å². The molecule has 3 heteroatoms. The second-order valence-corrected chi connectivity index (χ2v) is 6.98. The van der Waals surface area contributed by atoms with Crippen molar-refractivity contribution in [2.24, 2.45) is 11.1 Å². The van der Waals surface area contributed by atoms with Crippen molar-refractivity contribution in [2.75, 3.05) is 6.54 Å². The lowest BCUT2D eigenvalue weighted by Gasteiger charge is -2.41. The molecule has 1 aromatic rings. The van der Waals surface area contributed by atoms with Crippen molar-refractivity contribution < 1.29 is 4.79 Å². The third kappa shape index (κ3) is 3.29. The number of amides is 1. The molecule has 0 heterocycles. The highest BCUT2D eigenvalue weighted by molar-refractivity contribution is 5.78. The van der Waals surface area contributed by atoms with Gasteiger partial charge < -0.3 is 10.6 Å².